The number of carbonyl (C=O) groups is 3. The van der Waals surface area contributed by atoms with Crippen LogP contribution in [0.3, 0.4) is 0 Å². The normalized spacial score (nSPS) is 14.3. The first-order valence-corrected chi connectivity index (χ1v) is 12.3. The second-order valence-electron chi connectivity index (χ2n) is 7.84. The summed E-state index contributed by atoms with van der Waals surface area (Å²) in [6, 6.07) is 9.26. The van der Waals surface area contributed by atoms with Gasteiger partial charge >= 0.3 is 5.97 Å². The number of ether oxygens (including phenoxy) is 2. The van der Waals surface area contributed by atoms with Gasteiger partial charge in [-0.3, -0.25) is 14.5 Å². The number of phenols is 1. The van der Waals surface area contributed by atoms with Crippen LogP contribution in [0.25, 0.3) is 6.08 Å². The highest BCUT2D eigenvalue weighted by molar-refractivity contribution is 8.26. The molecule has 0 aliphatic carbocycles. The maximum absolute atomic E-state index is 12.8. The van der Waals surface area contributed by atoms with Crippen LogP contribution in [-0.2, 0) is 9.59 Å². The third-order valence-corrected chi connectivity index (χ3v) is 6.75. The van der Waals surface area contributed by atoms with Gasteiger partial charge in [-0.25, -0.2) is 4.79 Å². The van der Waals surface area contributed by atoms with Crippen LogP contribution in [0.1, 0.15) is 41.6 Å². The molecule has 0 bridgehead atoms. The lowest BCUT2D eigenvalue weighted by Crippen LogP contribution is -2.29. The number of hydrogen-bond donors (Lipinski definition) is 3. The number of anilines is 1. The van der Waals surface area contributed by atoms with Crippen molar-refractivity contribution in [1.29, 1.82) is 0 Å². The van der Waals surface area contributed by atoms with Gasteiger partial charge in [0.2, 0.25) is 5.91 Å². The Morgan fingerprint density at radius 3 is 2.53 bits per heavy atom. The lowest BCUT2D eigenvalue weighted by Gasteiger charge is -2.14. The summed E-state index contributed by atoms with van der Waals surface area (Å²) < 4.78 is 11.0. The van der Waals surface area contributed by atoms with Crippen LogP contribution in [0.4, 0.5) is 5.69 Å². The SMILES string of the molecule is COc1ccc(C=C2SC(=S)N(CCCCCC(=O)Nc3ccc(O)c(C(=O)O)c3)C2=O)cc1OC. The van der Waals surface area contributed by atoms with Crippen LogP contribution < -0.4 is 14.8 Å². The molecule has 11 heteroatoms. The molecule has 190 valence electrons. The lowest BCUT2D eigenvalue weighted by atomic mass is 10.1. The molecule has 1 aliphatic rings. The van der Waals surface area contributed by atoms with E-state index in [0.29, 0.717) is 52.2 Å². The van der Waals surface area contributed by atoms with Crippen LogP contribution in [0.2, 0.25) is 0 Å². The highest BCUT2D eigenvalue weighted by Gasteiger charge is 2.31. The number of rotatable bonds is 11. The van der Waals surface area contributed by atoms with Crippen LogP contribution in [0.5, 0.6) is 17.2 Å². The number of unbranched alkanes of at least 4 members (excludes halogenated alkanes) is 2. The Morgan fingerprint density at radius 2 is 1.83 bits per heavy atom. The number of carboxylic acid groups (broad SMARTS) is 1. The summed E-state index contributed by atoms with van der Waals surface area (Å²) in [5.74, 6) is -0.894. The average Bonchev–Trinajstić information content (AvgIpc) is 3.11. The molecule has 3 N–H and O–H groups in total. The van der Waals surface area contributed by atoms with Crippen molar-refractivity contribution >= 4 is 57.8 Å². The molecule has 3 rings (SSSR count). The summed E-state index contributed by atoms with van der Waals surface area (Å²) in [6.45, 7) is 0.454. The summed E-state index contributed by atoms with van der Waals surface area (Å²) in [5.41, 5.74) is 0.814. The second-order valence-corrected chi connectivity index (χ2v) is 9.52. The molecule has 0 aromatic heterocycles. The molecule has 36 heavy (non-hydrogen) atoms. The van der Waals surface area contributed by atoms with Crippen molar-refractivity contribution in [3.05, 3.63) is 52.4 Å². The van der Waals surface area contributed by atoms with Gasteiger partial charge in [-0.05, 0) is 54.8 Å². The van der Waals surface area contributed by atoms with E-state index in [9.17, 15) is 19.5 Å². The molecule has 2 aromatic rings. The van der Waals surface area contributed by atoms with E-state index in [2.05, 4.69) is 5.32 Å². The number of benzene rings is 2. The van der Waals surface area contributed by atoms with Gasteiger partial charge in [-0.2, -0.15) is 0 Å². The number of amides is 2. The molecule has 0 saturated carbocycles. The molecule has 9 nitrogen and oxygen atoms in total. The Kier molecular flexibility index (Phi) is 9.31. The number of methoxy groups -OCH3 is 2. The molecule has 1 aliphatic heterocycles. The second kappa shape index (κ2) is 12.4. The highest BCUT2D eigenvalue weighted by Crippen LogP contribution is 2.35. The monoisotopic (exact) mass is 530 g/mol. The first-order valence-electron chi connectivity index (χ1n) is 11.1. The largest absolute Gasteiger partial charge is 0.507 e. The number of nitrogens with zero attached hydrogens (tertiary/aromatic N) is 1. The summed E-state index contributed by atoms with van der Waals surface area (Å²) in [5, 5.41) is 21.2. The van der Waals surface area contributed by atoms with E-state index in [4.69, 9.17) is 26.8 Å². The minimum Gasteiger partial charge on any atom is -0.507 e. The first kappa shape index (κ1) is 27.0. The van der Waals surface area contributed by atoms with Crippen molar-refractivity contribution < 1.29 is 34.1 Å². The molecule has 0 spiro atoms. The smallest absolute Gasteiger partial charge is 0.339 e. The van der Waals surface area contributed by atoms with Gasteiger partial charge in [0, 0.05) is 18.7 Å². The number of carboxylic acids is 1. The molecular weight excluding hydrogens is 504 g/mol. The van der Waals surface area contributed by atoms with Crippen molar-refractivity contribution in [3.8, 4) is 17.2 Å². The van der Waals surface area contributed by atoms with Crippen molar-refractivity contribution in [1.82, 2.24) is 4.90 Å². The number of thioether (sulfide) groups is 1. The van der Waals surface area contributed by atoms with Crippen molar-refractivity contribution in [3.63, 3.8) is 0 Å². The summed E-state index contributed by atoms with van der Waals surface area (Å²) in [7, 11) is 3.11. The zero-order valence-corrected chi connectivity index (χ0v) is 21.4. The Bertz CT molecular complexity index is 1210. The van der Waals surface area contributed by atoms with Crippen molar-refractivity contribution in [2.24, 2.45) is 0 Å². The maximum atomic E-state index is 12.8. The van der Waals surface area contributed by atoms with E-state index < -0.39 is 5.97 Å². The predicted octanol–water partition coefficient (Wildman–Crippen LogP) is 4.51. The van der Waals surface area contributed by atoms with Crippen LogP contribution >= 0.6 is 24.0 Å². The fourth-order valence-electron chi connectivity index (χ4n) is 3.53. The molecule has 0 radical (unpaired) electrons. The molecule has 1 heterocycles. The van der Waals surface area contributed by atoms with Crippen LogP contribution in [0.15, 0.2) is 41.3 Å². The zero-order valence-electron chi connectivity index (χ0n) is 19.8. The third kappa shape index (κ3) is 6.76. The van der Waals surface area contributed by atoms with E-state index in [1.165, 1.54) is 30.0 Å². The van der Waals surface area contributed by atoms with E-state index in [0.717, 1.165) is 5.56 Å². The maximum Gasteiger partial charge on any atom is 0.339 e. The summed E-state index contributed by atoms with van der Waals surface area (Å²) in [6.07, 6.45) is 3.97. The van der Waals surface area contributed by atoms with E-state index in [1.54, 1.807) is 37.3 Å². The molecule has 2 amide bonds. The Morgan fingerprint density at radius 1 is 1.08 bits per heavy atom. The van der Waals surface area contributed by atoms with Gasteiger partial charge in [0.25, 0.3) is 5.91 Å². The van der Waals surface area contributed by atoms with E-state index >= 15 is 0 Å². The van der Waals surface area contributed by atoms with Crippen LogP contribution in [-0.4, -0.2) is 58.0 Å². The van der Waals surface area contributed by atoms with Gasteiger partial charge in [0.05, 0.1) is 19.1 Å². The Hall–Kier alpha value is -3.57. The van der Waals surface area contributed by atoms with Crippen LogP contribution in [0, 0.1) is 0 Å². The van der Waals surface area contributed by atoms with Crippen molar-refractivity contribution in [2.75, 3.05) is 26.1 Å². The number of thiocarbonyl (C=S) groups is 1. The molecule has 0 unspecified atom stereocenters. The molecular formula is C25H26N2O7S2. The van der Waals surface area contributed by atoms with E-state index in [-0.39, 0.29) is 29.5 Å². The standard InChI is InChI=1S/C25H26N2O7S2/c1-33-19-10-7-15(12-20(19)34-2)13-21-23(30)27(25(35)36-21)11-5-3-4-6-22(29)26-16-8-9-18(28)17(14-16)24(31)32/h7-10,12-14,28H,3-6,11H2,1-2H3,(H,26,29)(H,31,32). The minimum atomic E-state index is -1.28. The van der Waals surface area contributed by atoms with Gasteiger partial charge in [0.1, 0.15) is 15.6 Å². The zero-order chi connectivity index (χ0) is 26.2. The van der Waals surface area contributed by atoms with Crippen molar-refractivity contribution in [2.45, 2.75) is 25.7 Å². The molecule has 2 aromatic carbocycles. The summed E-state index contributed by atoms with van der Waals surface area (Å²) in [4.78, 5) is 38.2. The quantitative estimate of drug-likeness (QED) is 0.167. The molecule has 1 saturated heterocycles. The summed E-state index contributed by atoms with van der Waals surface area (Å²) >= 11 is 6.64. The number of nitrogens with one attached hydrogen (secondary N) is 1. The Balaban J connectivity index is 1.46. The number of carbonyl (C=O) groups excluding carboxylic acids is 2. The fourth-order valence-corrected chi connectivity index (χ4v) is 4.84. The minimum absolute atomic E-state index is 0.154. The lowest BCUT2D eigenvalue weighted by molar-refractivity contribution is -0.122. The average molecular weight is 531 g/mol. The van der Waals surface area contributed by atoms with Gasteiger partial charge in [0.15, 0.2) is 11.5 Å². The molecule has 1 fully saturated rings. The Labute approximate surface area is 218 Å². The predicted molar refractivity (Wildman–Crippen MR) is 142 cm³/mol. The fraction of sp³-hybridized carbons (Fsp3) is 0.280. The number of aromatic carboxylic acids is 1. The first-order chi connectivity index (χ1) is 17.2. The van der Waals surface area contributed by atoms with E-state index in [1.807, 2.05) is 6.07 Å². The molecule has 0 atom stereocenters. The highest BCUT2D eigenvalue weighted by atomic mass is 32.2. The number of aromatic hydroxyl groups is 1. The number of hydrogen-bond acceptors (Lipinski definition) is 8. The van der Waals surface area contributed by atoms with Gasteiger partial charge < -0.3 is 25.0 Å². The van der Waals surface area contributed by atoms with Gasteiger partial charge in [-0.1, -0.05) is 36.5 Å². The topological polar surface area (TPSA) is 125 Å². The van der Waals surface area contributed by atoms with Gasteiger partial charge in [-0.15, -0.1) is 0 Å². The third-order valence-electron chi connectivity index (χ3n) is 5.38.